The number of H-pyrrole nitrogens is 1. The number of imidazole rings is 1. The molecule has 1 N–H and O–H groups in total. The zero-order chi connectivity index (χ0) is 13.9. The molecule has 102 valence electrons. The Morgan fingerprint density at radius 2 is 1.95 bits per heavy atom. The van der Waals surface area contributed by atoms with E-state index in [1.54, 1.807) is 0 Å². The van der Waals surface area contributed by atoms with Gasteiger partial charge >= 0.3 is 0 Å². The van der Waals surface area contributed by atoms with Gasteiger partial charge in [0.15, 0.2) is 0 Å². The molecule has 3 rings (SSSR count). The van der Waals surface area contributed by atoms with E-state index in [0.717, 1.165) is 35.0 Å². The summed E-state index contributed by atoms with van der Waals surface area (Å²) >= 11 is 6.00. The van der Waals surface area contributed by atoms with Gasteiger partial charge in [-0.25, -0.2) is 4.98 Å². The second kappa shape index (κ2) is 5.55. The SMILES string of the molecule is CCN(Cc1nc2ccc(Cl)cc2[nH]1)c1ccccc1. The van der Waals surface area contributed by atoms with Crippen molar-refractivity contribution >= 4 is 28.3 Å². The number of aromatic nitrogens is 2. The van der Waals surface area contributed by atoms with Crippen LogP contribution in [0.1, 0.15) is 12.7 Å². The molecular formula is C16H16ClN3. The highest BCUT2D eigenvalue weighted by atomic mass is 35.5. The number of halogens is 1. The molecule has 1 heterocycles. The Morgan fingerprint density at radius 3 is 2.70 bits per heavy atom. The lowest BCUT2D eigenvalue weighted by Crippen LogP contribution is -2.22. The molecule has 0 aliphatic carbocycles. The summed E-state index contributed by atoms with van der Waals surface area (Å²) in [7, 11) is 0. The van der Waals surface area contributed by atoms with Crippen LogP contribution < -0.4 is 4.90 Å². The fourth-order valence-corrected chi connectivity index (χ4v) is 2.49. The van der Waals surface area contributed by atoms with Gasteiger partial charge in [0.25, 0.3) is 0 Å². The molecule has 0 amide bonds. The summed E-state index contributed by atoms with van der Waals surface area (Å²) in [5, 5.41) is 0.725. The molecule has 0 fully saturated rings. The first-order valence-electron chi connectivity index (χ1n) is 6.70. The lowest BCUT2D eigenvalue weighted by molar-refractivity contribution is 0.796. The number of hydrogen-bond acceptors (Lipinski definition) is 2. The summed E-state index contributed by atoms with van der Waals surface area (Å²) < 4.78 is 0. The van der Waals surface area contributed by atoms with E-state index in [9.17, 15) is 0 Å². The van der Waals surface area contributed by atoms with Crippen LogP contribution in [0.5, 0.6) is 0 Å². The fourth-order valence-electron chi connectivity index (χ4n) is 2.31. The van der Waals surface area contributed by atoms with Crippen molar-refractivity contribution in [1.82, 2.24) is 9.97 Å². The topological polar surface area (TPSA) is 31.9 Å². The van der Waals surface area contributed by atoms with Crippen molar-refractivity contribution in [2.24, 2.45) is 0 Å². The Kier molecular flexibility index (Phi) is 3.61. The van der Waals surface area contributed by atoms with Crippen molar-refractivity contribution in [3.8, 4) is 0 Å². The number of nitrogens with zero attached hydrogens (tertiary/aromatic N) is 2. The van der Waals surface area contributed by atoms with Gasteiger partial charge in [-0.15, -0.1) is 0 Å². The average Bonchev–Trinajstić information content (AvgIpc) is 2.87. The van der Waals surface area contributed by atoms with Crippen molar-refractivity contribution in [1.29, 1.82) is 0 Å². The third kappa shape index (κ3) is 2.63. The minimum Gasteiger partial charge on any atom is -0.364 e. The van der Waals surface area contributed by atoms with Crippen LogP contribution in [0.2, 0.25) is 5.02 Å². The van der Waals surface area contributed by atoms with Gasteiger partial charge in [0, 0.05) is 17.3 Å². The van der Waals surface area contributed by atoms with Crippen molar-refractivity contribution in [3.05, 3.63) is 59.4 Å². The molecule has 0 unspecified atom stereocenters. The molecule has 0 atom stereocenters. The average molecular weight is 286 g/mol. The molecule has 0 saturated heterocycles. The Morgan fingerprint density at radius 1 is 1.15 bits per heavy atom. The summed E-state index contributed by atoms with van der Waals surface area (Å²) in [4.78, 5) is 10.2. The Hall–Kier alpha value is -2.00. The quantitative estimate of drug-likeness (QED) is 0.777. The Labute approximate surface area is 123 Å². The molecule has 0 saturated carbocycles. The zero-order valence-corrected chi connectivity index (χ0v) is 12.1. The van der Waals surface area contributed by atoms with Gasteiger partial charge in [-0.3, -0.25) is 0 Å². The monoisotopic (exact) mass is 285 g/mol. The number of hydrogen-bond donors (Lipinski definition) is 1. The molecule has 20 heavy (non-hydrogen) atoms. The summed E-state index contributed by atoms with van der Waals surface area (Å²) in [6, 6.07) is 16.1. The minimum atomic E-state index is 0.725. The number of nitrogens with one attached hydrogen (secondary N) is 1. The van der Waals surface area contributed by atoms with Gasteiger partial charge in [0.1, 0.15) is 5.82 Å². The number of aromatic amines is 1. The first-order valence-corrected chi connectivity index (χ1v) is 7.08. The van der Waals surface area contributed by atoms with Crippen LogP contribution in [0.3, 0.4) is 0 Å². The summed E-state index contributed by atoms with van der Waals surface area (Å²) in [6.45, 7) is 3.83. The van der Waals surface area contributed by atoms with Gasteiger partial charge in [0.2, 0.25) is 0 Å². The number of para-hydroxylation sites is 1. The molecule has 3 aromatic rings. The second-order valence-corrected chi connectivity index (χ2v) is 5.13. The maximum Gasteiger partial charge on any atom is 0.126 e. The van der Waals surface area contributed by atoms with E-state index in [2.05, 4.69) is 46.1 Å². The van der Waals surface area contributed by atoms with E-state index < -0.39 is 0 Å². The van der Waals surface area contributed by atoms with Crippen LogP contribution in [-0.2, 0) is 6.54 Å². The maximum atomic E-state index is 6.00. The number of fused-ring (bicyclic) bond motifs is 1. The van der Waals surface area contributed by atoms with E-state index in [1.165, 1.54) is 5.69 Å². The van der Waals surface area contributed by atoms with E-state index >= 15 is 0 Å². The first-order chi connectivity index (χ1) is 9.76. The van der Waals surface area contributed by atoms with E-state index in [0.29, 0.717) is 0 Å². The van der Waals surface area contributed by atoms with Gasteiger partial charge in [-0.05, 0) is 37.3 Å². The predicted octanol–water partition coefficient (Wildman–Crippen LogP) is 4.24. The third-order valence-corrected chi connectivity index (χ3v) is 3.57. The number of rotatable bonds is 4. The molecule has 0 aliphatic heterocycles. The van der Waals surface area contributed by atoms with Crippen LogP contribution in [0.15, 0.2) is 48.5 Å². The number of anilines is 1. The normalized spacial score (nSPS) is 10.9. The minimum absolute atomic E-state index is 0.725. The highest BCUT2D eigenvalue weighted by Crippen LogP contribution is 2.20. The molecule has 3 nitrogen and oxygen atoms in total. The molecule has 4 heteroatoms. The molecule has 0 radical (unpaired) electrons. The predicted molar refractivity (Wildman–Crippen MR) is 84.3 cm³/mol. The zero-order valence-electron chi connectivity index (χ0n) is 11.3. The first kappa shape index (κ1) is 13.0. The van der Waals surface area contributed by atoms with E-state index in [1.807, 2.05) is 24.3 Å². The van der Waals surface area contributed by atoms with Crippen LogP contribution >= 0.6 is 11.6 Å². The fraction of sp³-hybridized carbons (Fsp3) is 0.188. The van der Waals surface area contributed by atoms with Gasteiger partial charge in [-0.1, -0.05) is 29.8 Å². The lowest BCUT2D eigenvalue weighted by atomic mass is 10.3. The Balaban J connectivity index is 1.87. The molecule has 1 aromatic heterocycles. The maximum absolute atomic E-state index is 6.00. The van der Waals surface area contributed by atoms with E-state index in [-0.39, 0.29) is 0 Å². The van der Waals surface area contributed by atoms with Crippen molar-refractivity contribution in [2.75, 3.05) is 11.4 Å². The molecular weight excluding hydrogens is 270 g/mol. The van der Waals surface area contributed by atoms with Crippen LogP contribution in [-0.4, -0.2) is 16.5 Å². The molecule has 0 spiro atoms. The highest BCUT2D eigenvalue weighted by Gasteiger charge is 2.08. The van der Waals surface area contributed by atoms with Gasteiger partial charge < -0.3 is 9.88 Å². The summed E-state index contributed by atoms with van der Waals surface area (Å²) in [5.41, 5.74) is 3.14. The van der Waals surface area contributed by atoms with Crippen LogP contribution in [0.25, 0.3) is 11.0 Å². The lowest BCUT2D eigenvalue weighted by Gasteiger charge is -2.21. The van der Waals surface area contributed by atoms with Crippen LogP contribution in [0.4, 0.5) is 5.69 Å². The van der Waals surface area contributed by atoms with Crippen molar-refractivity contribution in [2.45, 2.75) is 13.5 Å². The molecule has 0 aliphatic rings. The standard InChI is InChI=1S/C16H16ClN3/c1-2-20(13-6-4-3-5-7-13)11-16-18-14-9-8-12(17)10-15(14)19-16/h3-10H,2,11H2,1H3,(H,18,19). The Bertz CT molecular complexity index is 706. The van der Waals surface area contributed by atoms with Gasteiger partial charge in [0.05, 0.1) is 17.6 Å². The smallest absolute Gasteiger partial charge is 0.126 e. The van der Waals surface area contributed by atoms with Crippen molar-refractivity contribution < 1.29 is 0 Å². The summed E-state index contributed by atoms with van der Waals surface area (Å²) in [6.07, 6.45) is 0. The molecule has 0 bridgehead atoms. The van der Waals surface area contributed by atoms with E-state index in [4.69, 9.17) is 11.6 Å². The highest BCUT2D eigenvalue weighted by molar-refractivity contribution is 6.31. The summed E-state index contributed by atoms with van der Waals surface area (Å²) in [5.74, 6) is 0.952. The van der Waals surface area contributed by atoms with Gasteiger partial charge in [-0.2, -0.15) is 0 Å². The third-order valence-electron chi connectivity index (χ3n) is 3.34. The second-order valence-electron chi connectivity index (χ2n) is 4.69. The number of benzene rings is 2. The molecule has 2 aromatic carbocycles. The largest absolute Gasteiger partial charge is 0.364 e. The van der Waals surface area contributed by atoms with Crippen LogP contribution in [0, 0.1) is 0 Å². The van der Waals surface area contributed by atoms with Crippen molar-refractivity contribution in [3.63, 3.8) is 0 Å².